The molecule has 6 heteroatoms. The Balaban J connectivity index is 0.000000191. The minimum atomic E-state index is -0.879. The summed E-state index contributed by atoms with van der Waals surface area (Å²) in [5.74, 6) is -1.22. The highest BCUT2D eigenvalue weighted by Crippen LogP contribution is 2.35. The normalized spacial score (nSPS) is 24.8. The van der Waals surface area contributed by atoms with Crippen LogP contribution < -0.4 is 0 Å². The van der Waals surface area contributed by atoms with E-state index in [0.717, 1.165) is 25.7 Å². The average molecular weight is 457 g/mol. The number of hydrogen-bond acceptors (Lipinski definition) is 5. The molecule has 3 aliphatic rings. The average Bonchev–Trinajstić information content (AvgIpc) is 3.62. The smallest absolute Gasteiger partial charge is 0.338 e. The molecule has 6 nitrogen and oxygen atoms in total. The number of ether oxygens (including phenoxy) is 2. The summed E-state index contributed by atoms with van der Waals surface area (Å²) in [6.07, 6.45) is 9.58. The van der Waals surface area contributed by atoms with E-state index in [1.807, 2.05) is 6.07 Å². The maximum Gasteiger partial charge on any atom is 0.338 e. The molecule has 0 bridgehead atoms. The summed E-state index contributed by atoms with van der Waals surface area (Å²) in [5.41, 5.74) is 0.873. The highest BCUT2D eigenvalue weighted by atomic mass is 16.6. The number of carbonyl (C=O) groups excluding carboxylic acids is 1. The van der Waals surface area contributed by atoms with Gasteiger partial charge in [-0.15, -0.1) is 0 Å². The summed E-state index contributed by atoms with van der Waals surface area (Å²) in [6, 6.07) is 17.2. The molecule has 2 aliphatic carbocycles. The lowest BCUT2D eigenvalue weighted by Crippen LogP contribution is -2.34. The van der Waals surface area contributed by atoms with E-state index in [1.165, 1.54) is 25.7 Å². The molecule has 3 fully saturated rings. The Morgan fingerprint density at radius 2 is 1.24 bits per heavy atom. The van der Waals surface area contributed by atoms with Gasteiger partial charge >= 0.3 is 11.9 Å². The topological polar surface area (TPSA) is 96.4 Å². The molecule has 1 saturated heterocycles. The number of hydrogen-bond donors (Lipinski definition) is 2. The van der Waals surface area contributed by atoms with Crippen LogP contribution in [0.5, 0.6) is 0 Å². The number of rotatable bonds is 3. The first kappa shape index (κ1) is 26.6. The molecule has 2 saturated carbocycles. The number of aliphatic hydroxyl groups excluding tert-OH is 1. The van der Waals surface area contributed by atoms with Crippen LogP contribution in [0.15, 0.2) is 60.7 Å². The highest BCUT2D eigenvalue weighted by Gasteiger charge is 2.39. The van der Waals surface area contributed by atoms with Crippen LogP contribution in [0.1, 0.15) is 79.5 Å². The van der Waals surface area contributed by atoms with Crippen molar-refractivity contribution >= 4 is 11.9 Å². The van der Waals surface area contributed by atoms with Crippen LogP contribution in [-0.2, 0) is 9.47 Å². The van der Waals surface area contributed by atoms with Gasteiger partial charge in [-0.1, -0.05) is 63.1 Å². The summed E-state index contributed by atoms with van der Waals surface area (Å²) in [5, 5.41) is 18.1. The van der Waals surface area contributed by atoms with Crippen molar-refractivity contribution in [3.63, 3.8) is 0 Å². The van der Waals surface area contributed by atoms with Crippen LogP contribution in [-0.4, -0.2) is 46.6 Å². The first-order valence-corrected chi connectivity index (χ1v) is 11.4. The maximum atomic E-state index is 11.7. The summed E-state index contributed by atoms with van der Waals surface area (Å²) >= 11 is 0. The minimum Gasteiger partial charge on any atom is -0.478 e. The Hall–Kier alpha value is -2.70. The van der Waals surface area contributed by atoms with Crippen molar-refractivity contribution in [3.05, 3.63) is 71.8 Å². The fourth-order valence-electron chi connectivity index (χ4n) is 3.95. The van der Waals surface area contributed by atoms with Gasteiger partial charge in [-0.05, 0) is 56.4 Å². The molecule has 1 aliphatic heterocycles. The van der Waals surface area contributed by atoms with E-state index in [0.29, 0.717) is 23.3 Å². The predicted molar refractivity (Wildman–Crippen MR) is 127 cm³/mol. The largest absolute Gasteiger partial charge is 0.478 e. The quantitative estimate of drug-likeness (QED) is 0.468. The first-order valence-electron chi connectivity index (χ1n) is 11.4. The lowest BCUT2D eigenvalue weighted by Gasteiger charge is -2.27. The fourth-order valence-corrected chi connectivity index (χ4v) is 3.95. The molecule has 5 rings (SSSR count). The van der Waals surface area contributed by atoms with Gasteiger partial charge < -0.3 is 19.7 Å². The number of epoxide rings is 1. The van der Waals surface area contributed by atoms with Crippen LogP contribution >= 0.6 is 0 Å². The SMILES string of the molecule is C.C1CCC2OC2C1.O=C(O)c1ccccc1.O=C(O[C@H]1CCCC[C@@H]1O)c1ccccc1. The second kappa shape index (κ2) is 13.8. The molecule has 1 heterocycles. The second-order valence-electron chi connectivity index (χ2n) is 8.33. The van der Waals surface area contributed by atoms with Gasteiger partial charge in [0.2, 0.25) is 0 Å². The van der Waals surface area contributed by atoms with E-state index in [2.05, 4.69) is 0 Å². The third kappa shape index (κ3) is 8.98. The van der Waals surface area contributed by atoms with Crippen LogP contribution in [0, 0.1) is 0 Å². The van der Waals surface area contributed by atoms with E-state index in [1.54, 1.807) is 54.6 Å². The number of aromatic carboxylic acids is 1. The van der Waals surface area contributed by atoms with E-state index >= 15 is 0 Å². The van der Waals surface area contributed by atoms with Gasteiger partial charge in [0.25, 0.3) is 0 Å². The van der Waals surface area contributed by atoms with Crippen molar-refractivity contribution in [1.82, 2.24) is 0 Å². The number of benzene rings is 2. The van der Waals surface area contributed by atoms with Crippen molar-refractivity contribution in [3.8, 4) is 0 Å². The number of fused-ring (bicyclic) bond motifs is 1. The molecule has 4 atom stereocenters. The van der Waals surface area contributed by atoms with Crippen LogP contribution in [0.4, 0.5) is 0 Å². The molecular formula is C27H36O6. The number of esters is 1. The van der Waals surface area contributed by atoms with E-state index in [4.69, 9.17) is 14.6 Å². The van der Waals surface area contributed by atoms with Crippen molar-refractivity contribution in [2.24, 2.45) is 0 Å². The van der Waals surface area contributed by atoms with Gasteiger partial charge in [-0.3, -0.25) is 0 Å². The van der Waals surface area contributed by atoms with Crippen LogP contribution in [0.2, 0.25) is 0 Å². The zero-order valence-corrected chi connectivity index (χ0v) is 18.3. The molecule has 2 N–H and O–H groups in total. The zero-order chi connectivity index (χ0) is 22.8. The van der Waals surface area contributed by atoms with Gasteiger partial charge in [-0.2, -0.15) is 0 Å². The van der Waals surface area contributed by atoms with E-state index < -0.39 is 12.1 Å². The third-order valence-corrected chi connectivity index (χ3v) is 5.87. The molecule has 33 heavy (non-hydrogen) atoms. The van der Waals surface area contributed by atoms with Crippen LogP contribution in [0.3, 0.4) is 0 Å². The molecule has 0 radical (unpaired) electrons. The number of carbonyl (C=O) groups is 2. The predicted octanol–water partition coefficient (Wildman–Crippen LogP) is 5.50. The molecule has 180 valence electrons. The molecule has 2 aromatic carbocycles. The Morgan fingerprint density at radius 3 is 1.70 bits per heavy atom. The lowest BCUT2D eigenvalue weighted by molar-refractivity contribution is -0.0360. The van der Waals surface area contributed by atoms with E-state index in [9.17, 15) is 14.7 Å². The minimum absolute atomic E-state index is 0. The van der Waals surface area contributed by atoms with Crippen molar-refractivity contribution < 1.29 is 29.3 Å². The number of carboxylic acid groups (broad SMARTS) is 1. The Bertz CT molecular complexity index is 828. The van der Waals surface area contributed by atoms with Crippen molar-refractivity contribution in [2.45, 2.75) is 83.2 Å². The molecule has 0 spiro atoms. The monoisotopic (exact) mass is 456 g/mol. The summed E-state index contributed by atoms with van der Waals surface area (Å²) in [7, 11) is 0. The first-order chi connectivity index (χ1) is 15.5. The van der Waals surface area contributed by atoms with Crippen molar-refractivity contribution in [1.29, 1.82) is 0 Å². The van der Waals surface area contributed by atoms with Crippen molar-refractivity contribution in [2.75, 3.05) is 0 Å². The third-order valence-electron chi connectivity index (χ3n) is 5.87. The molecular weight excluding hydrogens is 420 g/mol. The number of carboxylic acids is 1. The summed E-state index contributed by atoms with van der Waals surface area (Å²) < 4.78 is 10.6. The zero-order valence-electron chi connectivity index (χ0n) is 18.3. The molecule has 0 aromatic heterocycles. The molecule has 0 amide bonds. The number of aliphatic hydroxyl groups is 1. The van der Waals surface area contributed by atoms with Gasteiger partial charge in [0, 0.05) is 0 Å². The standard InChI is InChI=1S/C13H16O3.C7H6O2.C6H10O.CH4/c14-11-8-4-5-9-12(11)16-13(15)10-6-2-1-3-7-10;8-7(9)6-4-2-1-3-5-6;1-2-4-6-5(3-1)7-6;/h1-3,6-7,11-12,14H,4-5,8-9H2;1-5H,(H,8,9);5-6H,1-4H2;1H4/t11-,12-;;;/m0.../s1. The molecule has 2 aromatic rings. The fraction of sp³-hybridized carbons (Fsp3) is 0.481. The Kier molecular flexibility index (Phi) is 11.1. The van der Waals surface area contributed by atoms with Gasteiger partial charge in [0.15, 0.2) is 0 Å². The maximum absolute atomic E-state index is 11.7. The molecule has 2 unspecified atom stereocenters. The summed E-state index contributed by atoms with van der Waals surface area (Å²) in [4.78, 5) is 21.9. The Morgan fingerprint density at radius 1 is 0.758 bits per heavy atom. The van der Waals surface area contributed by atoms with Gasteiger partial charge in [0.1, 0.15) is 6.10 Å². The van der Waals surface area contributed by atoms with Gasteiger partial charge in [0.05, 0.1) is 29.4 Å². The lowest BCUT2D eigenvalue weighted by atomic mass is 9.95. The summed E-state index contributed by atoms with van der Waals surface area (Å²) in [6.45, 7) is 0. The Labute approximate surface area is 196 Å². The second-order valence-corrected chi connectivity index (χ2v) is 8.33. The highest BCUT2D eigenvalue weighted by molar-refractivity contribution is 5.89. The van der Waals surface area contributed by atoms with E-state index in [-0.39, 0.29) is 19.5 Å². The van der Waals surface area contributed by atoms with Gasteiger partial charge in [-0.25, -0.2) is 9.59 Å². The van der Waals surface area contributed by atoms with Crippen LogP contribution in [0.25, 0.3) is 0 Å².